The quantitative estimate of drug-likeness (QED) is 0.876. The Bertz CT molecular complexity index is 854. The van der Waals surface area contributed by atoms with E-state index in [9.17, 15) is 27.9 Å². The maximum absolute atomic E-state index is 12.8. The zero-order chi connectivity index (χ0) is 18.9. The molecule has 2 aromatic rings. The van der Waals surface area contributed by atoms with E-state index in [1.807, 2.05) is 0 Å². The minimum atomic E-state index is -4.52. The molecule has 1 aromatic carbocycles. The summed E-state index contributed by atoms with van der Waals surface area (Å²) in [6.45, 7) is -0.0560. The summed E-state index contributed by atoms with van der Waals surface area (Å²) in [6, 6.07) is 7.22. The van der Waals surface area contributed by atoms with Crippen LogP contribution in [0.2, 0.25) is 0 Å². The molecule has 2 heterocycles. The molecule has 1 aliphatic heterocycles. The van der Waals surface area contributed by atoms with Gasteiger partial charge in [0.15, 0.2) is 11.6 Å². The summed E-state index contributed by atoms with van der Waals surface area (Å²) in [6.07, 6.45) is -3.29. The predicted octanol–water partition coefficient (Wildman–Crippen LogP) is 2.80. The number of nitrogens with one attached hydrogen (secondary N) is 1. The Morgan fingerprint density at radius 1 is 1.27 bits per heavy atom. The van der Waals surface area contributed by atoms with Gasteiger partial charge in [0.1, 0.15) is 0 Å². The molecule has 6 nitrogen and oxygen atoms in total. The number of halogens is 3. The van der Waals surface area contributed by atoms with Crippen molar-refractivity contribution in [1.29, 1.82) is 0 Å². The Morgan fingerprint density at radius 3 is 2.73 bits per heavy atom. The highest BCUT2D eigenvalue weighted by atomic mass is 19.4. The average molecular weight is 365 g/mol. The number of hydrogen-bond donors (Lipinski definition) is 2. The largest absolute Gasteiger partial charge is 0.504 e. The first kappa shape index (κ1) is 17.7. The van der Waals surface area contributed by atoms with Gasteiger partial charge in [-0.1, -0.05) is 6.07 Å². The van der Waals surface area contributed by atoms with Crippen molar-refractivity contribution in [2.24, 2.45) is 5.92 Å². The van der Waals surface area contributed by atoms with Crippen LogP contribution in [0.3, 0.4) is 0 Å². The zero-order valence-corrected chi connectivity index (χ0v) is 13.3. The molecule has 1 fully saturated rings. The second-order valence-electron chi connectivity index (χ2n) is 5.81. The Labute approximate surface area is 146 Å². The average Bonchev–Trinajstić information content (AvgIpc) is 2.98. The molecule has 0 spiro atoms. The maximum atomic E-state index is 12.8. The minimum Gasteiger partial charge on any atom is -0.504 e. The van der Waals surface area contributed by atoms with Crippen LogP contribution in [0.5, 0.6) is 5.75 Å². The summed E-state index contributed by atoms with van der Waals surface area (Å²) < 4.78 is 38.5. The van der Waals surface area contributed by atoms with Crippen LogP contribution in [0.4, 0.5) is 24.7 Å². The van der Waals surface area contributed by atoms with E-state index >= 15 is 0 Å². The highest BCUT2D eigenvalue weighted by Gasteiger charge is 2.37. The van der Waals surface area contributed by atoms with Crippen LogP contribution < -0.4 is 10.2 Å². The van der Waals surface area contributed by atoms with Crippen LogP contribution in [-0.4, -0.2) is 28.4 Å². The zero-order valence-electron chi connectivity index (χ0n) is 13.3. The fourth-order valence-electron chi connectivity index (χ4n) is 2.69. The number of amides is 2. The lowest BCUT2D eigenvalue weighted by Gasteiger charge is -2.18. The molecule has 1 unspecified atom stereocenters. The number of benzene rings is 1. The number of nitrogens with zero attached hydrogens (tertiary/aromatic N) is 2. The summed E-state index contributed by atoms with van der Waals surface area (Å²) in [4.78, 5) is 29.4. The summed E-state index contributed by atoms with van der Waals surface area (Å²) in [7, 11) is 0. The van der Waals surface area contributed by atoms with Crippen molar-refractivity contribution in [2.45, 2.75) is 12.6 Å². The number of carbonyl (C=O) groups excluding carboxylic acids is 2. The van der Waals surface area contributed by atoms with E-state index in [4.69, 9.17) is 0 Å². The van der Waals surface area contributed by atoms with E-state index in [-0.39, 0.29) is 30.2 Å². The van der Waals surface area contributed by atoms with E-state index in [1.54, 1.807) is 0 Å². The van der Waals surface area contributed by atoms with E-state index < -0.39 is 29.5 Å². The molecule has 26 heavy (non-hydrogen) atoms. The van der Waals surface area contributed by atoms with Crippen molar-refractivity contribution in [1.82, 2.24) is 4.98 Å². The number of pyridine rings is 1. The minimum absolute atomic E-state index is 0.0394. The lowest BCUT2D eigenvalue weighted by atomic mass is 10.1. The Balaban J connectivity index is 1.75. The van der Waals surface area contributed by atoms with Crippen LogP contribution in [0.1, 0.15) is 12.0 Å². The third kappa shape index (κ3) is 3.61. The molecule has 2 amide bonds. The van der Waals surface area contributed by atoms with Gasteiger partial charge in [0, 0.05) is 24.8 Å². The second-order valence-corrected chi connectivity index (χ2v) is 5.81. The molecule has 1 atom stereocenters. The molecule has 3 rings (SSSR count). The van der Waals surface area contributed by atoms with Crippen LogP contribution in [0, 0.1) is 5.92 Å². The molecule has 1 aromatic heterocycles. The number of aromatic hydroxyl groups is 1. The van der Waals surface area contributed by atoms with Crippen molar-refractivity contribution in [3.05, 3.63) is 48.2 Å². The lowest BCUT2D eigenvalue weighted by Crippen LogP contribution is -2.28. The molecule has 1 aliphatic rings. The topological polar surface area (TPSA) is 82.5 Å². The third-order valence-corrected chi connectivity index (χ3v) is 4.01. The van der Waals surface area contributed by atoms with Gasteiger partial charge in [0.25, 0.3) is 0 Å². The SMILES string of the molecule is O=C(Nc1ncccc1O)C1CC(=O)N(c2cccc(C(F)(F)F)c2)C1. The first-order valence-corrected chi connectivity index (χ1v) is 7.68. The number of hydrogen-bond acceptors (Lipinski definition) is 4. The van der Waals surface area contributed by atoms with Crippen LogP contribution in [0.25, 0.3) is 0 Å². The van der Waals surface area contributed by atoms with Gasteiger partial charge in [0.05, 0.1) is 11.5 Å². The molecule has 0 radical (unpaired) electrons. The Hall–Kier alpha value is -3.10. The summed E-state index contributed by atoms with van der Waals surface area (Å²) >= 11 is 0. The standard InChI is InChI=1S/C17H14F3N3O3/c18-17(19,20)11-3-1-4-12(8-11)23-9-10(7-14(23)25)16(26)22-15-13(24)5-2-6-21-15/h1-6,8,10,24H,7,9H2,(H,21,22,26). The normalized spacial score (nSPS) is 17.4. The van der Waals surface area contributed by atoms with Gasteiger partial charge in [-0.05, 0) is 30.3 Å². The van der Waals surface area contributed by atoms with Gasteiger partial charge in [0.2, 0.25) is 11.8 Å². The van der Waals surface area contributed by atoms with E-state index in [0.717, 1.165) is 17.0 Å². The van der Waals surface area contributed by atoms with Gasteiger partial charge in [-0.3, -0.25) is 9.59 Å². The fourth-order valence-corrected chi connectivity index (χ4v) is 2.69. The molecule has 136 valence electrons. The summed E-state index contributed by atoms with van der Waals surface area (Å²) in [5.41, 5.74) is -0.782. The van der Waals surface area contributed by atoms with Gasteiger partial charge in [-0.15, -0.1) is 0 Å². The van der Waals surface area contributed by atoms with Crippen molar-refractivity contribution in [3.63, 3.8) is 0 Å². The van der Waals surface area contributed by atoms with E-state index in [1.165, 1.54) is 30.5 Å². The maximum Gasteiger partial charge on any atom is 0.416 e. The highest BCUT2D eigenvalue weighted by Crippen LogP contribution is 2.33. The number of carbonyl (C=O) groups is 2. The Kier molecular flexibility index (Phi) is 4.54. The van der Waals surface area contributed by atoms with Gasteiger partial charge in [-0.2, -0.15) is 13.2 Å². The first-order valence-electron chi connectivity index (χ1n) is 7.68. The molecule has 0 saturated carbocycles. The molecular weight excluding hydrogens is 351 g/mol. The highest BCUT2D eigenvalue weighted by molar-refractivity contribution is 6.03. The van der Waals surface area contributed by atoms with Gasteiger partial charge in [-0.25, -0.2) is 4.98 Å². The Morgan fingerprint density at radius 2 is 2.04 bits per heavy atom. The number of alkyl halides is 3. The van der Waals surface area contributed by atoms with Crippen molar-refractivity contribution in [2.75, 3.05) is 16.8 Å². The van der Waals surface area contributed by atoms with Crippen LogP contribution in [0.15, 0.2) is 42.6 Å². The summed E-state index contributed by atoms with van der Waals surface area (Å²) in [5.74, 6) is -2.02. The molecule has 9 heteroatoms. The van der Waals surface area contributed by atoms with Gasteiger partial charge >= 0.3 is 6.18 Å². The molecule has 0 aliphatic carbocycles. The van der Waals surface area contributed by atoms with Crippen molar-refractivity contribution < 1.29 is 27.9 Å². The van der Waals surface area contributed by atoms with E-state index in [2.05, 4.69) is 10.3 Å². The molecule has 0 bridgehead atoms. The van der Waals surface area contributed by atoms with Crippen molar-refractivity contribution in [3.8, 4) is 5.75 Å². The number of aromatic nitrogens is 1. The number of anilines is 2. The second kappa shape index (κ2) is 6.66. The first-order chi connectivity index (χ1) is 12.3. The molecule has 2 N–H and O–H groups in total. The molecular formula is C17H14F3N3O3. The third-order valence-electron chi connectivity index (χ3n) is 4.01. The lowest BCUT2D eigenvalue weighted by molar-refractivity contribution is -0.137. The number of rotatable bonds is 3. The summed E-state index contributed by atoms with van der Waals surface area (Å²) in [5, 5.41) is 12.1. The molecule has 1 saturated heterocycles. The van der Waals surface area contributed by atoms with Gasteiger partial charge < -0.3 is 15.3 Å². The predicted molar refractivity (Wildman–Crippen MR) is 86.4 cm³/mol. The van der Waals surface area contributed by atoms with Crippen LogP contribution in [-0.2, 0) is 15.8 Å². The van der Waals surface area contributed by atoms with Crippen molar-refractivity contribution >= 4 is 23.3 Å². The fraction of sp³-hybridized carbons (Fsp3) is 0.235. The monoisotopic (exact) mass is 365 g/mol. The van der Waals surface area contributed by atoms with Crippen LogP contribution >= 0.6 is 0 Å². The van der Waals surface area contributed by atoms with E-state index in [0.29, 0.717) is 0 Å². The smallest absolute Gasteiger partial charge is 0.416 e.